The van der Waals surface area contributed by atoms with Gasteiger partial charge in [-0.3, -0.25) is 9.59 Å². The molecule has 2 aliphatic heterocycles. The summed E-state index contributed by atoms with van der Waals surface area (Å²) in [6.07, 6.45) is 2.91. The Balaban J connectivity index is 1.49. The third kappa shape index (κ3) is 4.27. The van der Waals surface area contributed by atoms with Crippen LogP contribution in [-0.2, 0) is 19.2 Å². The van der Waals surface area contributed by atoms with Crippen molar-refractivity contribution in [3.8, 4) is 0 Å². The van der Waals surface area contributed by atoms with E-state index in [1.54, 1.807) is 19.2 Å². The molecule has 4 rings (SSSR count). The molecule has 3 atom stereocenters. The second kappa shape index (κ2) is 8.71. The lowest BCUT2D eigenvalue weighted by Gasteiger charge is -2.43. The zero-order chi connectivity index (χ0) is 23.2. The first-order valence-electron chi connectivity index (χ1n) is 10.2. The number of thioether (sulfide) groups is 1. The van der Waals surface area contributed by atoms with Crippen molar-refractivity contribution in [2.75, 3.05) is 5.73 Å². The summed E-state index contributed by atoms with van der Waals surface area (Å²) in [6.45, 7) is 3.55. The quantitative estimate of drug-likeness (QED) is 0.230. The maximum Gasteiger partial charge on any atom is 0.327 e. The summed E-state index contributed by atoms with van der Waals surface area (Å²) in [5.74, 6) is -2.13. The Bertz CT molecular complexity index is 962. The van der Waals surface area contributed by atoms with Crippen LogP contribution >= 0.6 is 34.7 Å². The molecule has 1 aliphatic carbocycles. The van der Waals surface area contributed by atoms with Crippen molar-refractivity contribution in [2.45, 2.75) is 73.2 Å². The molecule has 2 amide bonds. The van der Waals surface area contributed by atoms with E-state index in [2.05, 4.69) is 15.5 Å². The minimum absolute atomic E-state index is 0.0748. The number of β-lactam (4-membered cyclic amide) rings is 1. The van der Waals surface area contributed by atoms with Crippen LogP contribution in [0.4, 0.5) is 5.13 Å². The van der Waals surface area contributed by atoms with Gasteiger partial charge < -0.3 is 25.9 Å². The lowest BCUT2D eigenvalue weighted by atomic mass is 9.96. The molecule has 3 fully saturated rings. The number of carbonyl (C=O) groups excluding carboxylic acids is 2. The molecule has 32 heavy (non-hydrogen) atoms. The molecule has 13 heteroatoms. The number of alkyl halides is 1. The smallest absolute Gasteiger partial charge is 0.327 e. The van der Waals surface area contributed by atoms with E-state index in [4.69, 9.17) is 22.2 Å². The van der Waals surface area contributed by atoms with Gasteiger partial charge in [0, 0.05) is 15.5 Å². The first kappa shape index (κ1) is 23.1. The van der Waals surface area contributed by atoms with Crippen LogP contribution in [0.1, 0.15) is 45.2 Å². The average Bonchev–Trinajstić information content (AvgIpc) is 3.26. The van der Waals surface area contributed by atoms with Crippen molar-refractivity contribution in [2.24, 2.45) is 5.16 Å². The van der Waals surface area contributed by atoms with Gasteiger partial charge in [-0.1, -0.05) is 5.16 Å². The van der Waals surface area contributed by atoms with Crippen molar-refractivity contribution in [1.82, 2.24) is 15.2 Å². The molecular weight excluding hydrogens is 478 g/mol. The van der Waals surface area contributed by atoms with Crippen LogP contribution in [0, 0.1) is 0 Å². The van der Waals surface area contributed by atoms with E-state index in [1.807, 2.05) is 0 Å². The van der Waals surface area contributed by atoms with Gasteiger partial charge in [0.1, 0.15) is 29.3 Å². The van der Waals surface area contributed by atoms with Crippen LogP contribution in [0.5, 0.6) is 0 Å². The van der Waals surface area contributed by atoms with Gasteiger partial charge in [0.05, 0.1) is 0 Å². The maximum atomic E-state index is 13.1. The van der Waals surface area contributed by atoms with E-state index in [1.165, 1.54) is 16.7 Å². The number of nitrogens with one attached hydrogen (secondary N) is 1. The van der Waals surface area contributed by atoms with Crippen LogP contribution < -0.4 is 11.1 Å². The molecule has 4 N–H and O–H groups in total. The Kier molecular flexibility index (Phi) is 6.29. The summed E-state index contributed by atoms with van der Waals surface area (Å²) >= 11 is 8.63. The normalized spacial score (nSPS) is 31.6. The van der Waals surface area contributed by atoms with Crippen molar-refractivity contribution in [3.05, 3.63) is 11.1 Å². The van der Waals surface area contributed by atoms with Crippen molar-refractivity contribution in [3.63, 3.8) is 0 Å². The van der Waals surface area contributed by atoms with Gasteiger partial charge in [-0.25, -0.2) is 9.78 Å². The first-order chi connectivity index (χ1) is 15.1. The number of fused-ring (bicyclic) bond motifs is 1. The Morgan fingerprint density at radius 3 is 2.66 bits per heavy atom. The lowest BCUT2D eigenvalue weighted by molar-refractivity contribution is -0.160. The molecule has 1 aromatic heterocycles. The van der Waals surface area contributed by atoms with Gasteiger partial charge in [0.2, 0.25) is 5.91 Å². The summed E-state index contributed by atoms with van der Waals surface area (Å²) < 4.78 is -0.684. The van der Waals surface area contributed by atoms with Gasteiger partial charge in [0.25, 0.3) is 5.91 Å². The predicted molar refractivity (Wildman–Crippen MR) is 122 cm³/mol. The van der Waals surface area contributed by atoms with E-state index in [0.29, 0.717) is 0 Å². The largest absolute Gasteiger partial charge is 0.480 e. The Morgan fingerprint density at radius 2 is 2.06 bits per heavy atom. The second-order valence-corrected chi connectivity index (χ2v) is 11.8. The molecule has 174 valence electrons. The number of hydrogen-bond acceptors (Lipinski definition) is 9. The molecule has 0 bridgehead atoms. The van der Waals surface area contributed by atoms with Crippen molar-refractivity contribution >= 4 is 63.3 Å². The highest BCUT2D eigenvalue weighted by Crippen LogP contribution is 2.50. The molecule has 10 nitrogen and oxygen atoms in total. The zero-order valence-electron chi connectivity index (χ0n) is 17.5. The predicted octanol–water partition coefficient (Wildman–Crippen LogP) is 1.63. The number of carbonyl (C=O) groups is 3. The van der Waals surface area contributed by atoms with Gasteiger partial charge in [-0.05, 0) is 39.5 Å². The number of aliphatic carboxylic acids is 1. The second-order valence-electron chi connectivity index (χ2n) is 8.54. The third-order valence-corrected chi connectivity index (χ3v) is 8.52. The molecule has 1 aromatic rings. The van der Waals surface area contributed by atoms with E-state index < -0.39 is 40.0 Å². The van der Waals surface area contributed by atoms with E-state index in [9.17, 15) is 19.5 Å². The fourth-order valence-corrected chi connectivity index (χ4v) is 6.64. The van der Waals surface area contributed by atoms with Crippen LogP contribution in [0.2, 0.25) is 0 Å². The number of halogens is 1. The number of thiazole rings is 1. The van der Waals surface area contributed by atoms with Gasteiger partial charge >= 0.3 is 5.97 Å². The van der Waals surface area contributed by atoms with E-state index >= 15 is 0 Å². The summed E-state index contributed by atoms with van der Waals surface area (Å²) in [6, 6.07) is -1.81. The van der Waals surface area contributed by atoms with E-state index in [-0.39, 0.29) is 28.0 Å². The monoisotopic (exact) mass is 501 g/mol. The minimum Gasteiger partial charge on any atom is -0.480 e. The van der Waals surface area contributed by atoms with E-state index in [0.717, 1.165) is 37.0 Å². The van der Waals surface area contributed by atoms with Crippen LogP contribution in [0.15, 0.2) is 10.5 Å². The number of nitrogen functional groups attached to an aromatic ring is 1. The van der Waals surface area contributed by atoms with Crippen LogP contribution in [-0.4, -0.2) is 72.2 Å². The Hall–Kier alpha value is -2.05. The number of aromatic nitrogens is 1. The number of carboxylic acid groups (broad SMARTS) is 1. The summed E-state index contributed by atoms with van der Waals surface area (Å²) in [5, 5.41) is 17.8. The molecule has 1 saturated carbocycles. The highest BCUT2D eigenvalue weighted by molar-refractivity contribution is 8.01. The average molecular weight is 502 g/mol. The summed E-state index contributed by atoms with van der Waals surface area (Å²) in [7, 11) is 0. The lowest BCUT2D eigenvalue weighted by Crippen LogP contribution is -2.71. The van der Waals surface area contributed by atoms with Crippen molar-refractivity contribution in [1.29, 1.82) is 0 Å². The third-order valence-electron chi connectivity index (χ3n) is 5.84. The fourth-order valence-electron chi connectivity index (χ4n) is 4.21. The number of amides is 2. The van der Waals surface area contributed by atoms with Crippen LogP contribution in [0.25, 0.3) is 0 Å². The van der Waals surface area contributed by atoms with Crippen molar-refractivity contribution < 1.29 is 24.3 Å². The van der Waals surface area contributed by atoms with Gasteiger partial charge in [-0.15, -0.1) is 34.7 Å². The van der Waals surface area contributed by atoms with Gasteiger partial charge in [0.15, 0.2) is 10.8 Å². The first-order valence-corrected chi connectivity index (χ1v) is 12.4. The Morgan fingerprint density at radius 1 is 1.38 bits per heavy atom. The number of nitrogens with zero attached hydrogens (tertiary/aromatic N) is 3. The molecule has 3 aliphatic rings. The highest BCUT2D eigenvalue weighted by Gasteiger charge is 2.64. The summed E-state index contributed by atoms with van der Waals surface area (Å²) in [5.41, 5.74) is 5.90. The summed E-state index contributed by atoms with van der Waals surface area (Å²) in [4.78, 5) is 48.5. The topological polar surface area (TPSA) is 147 Å². The number of anilines is 1. The molecule has 2 saturated heterocycles. The van der Waals surface area contributed by atoms with Crippen LogP contribution in [0.3, 0.4) is 0 Å². The highest BCUT2D eigenvalue weighted by atomic mass is 35.5. The number of rotatable bonds is 6. The molecule has 0 aromatic carbocycles. The standard InChI is InChI=1S/C19H24ClN5O5S2/c1-19(2)13(17(28)29)25-15(27)12(16(25)32-19)23-14(26)11(10-7-31-18(21)22-10)24-30-9-5-3-8(20)4-6-9/h7-9,12-13,16H,3-6H2,1-2H3,(H2,21,22)(H,23,26)(H,28,29)/b24-11-/t8-,9+,12-,13-,16+/m0/s1. The number of hydrogen-bond donors (Lipinski definition) is 3. The number of oxime groups is 1. The molecule has 0 spiro atoms. The molecular formula is C19H24ClN5O5S2. The Labute approximate surface area is 197 Å². The number of carboxylic acids is 1. The molecule has 0 unspecified atom stereocenters. The number of nitrogens with two attached hydrogens (primary N) is 1. The molecule has 3 heterocycles. The molecule has 0 radical (unpaired) electrons. The fraction of sp³-hybridized carbons (Fsp3) is 0.632. The SMILES string of the molecule is CC1(C)S[C@@H]2[C@@H](NC(=O)/C(=N\O[C@H]3CC[C@@H](Cl)CC3)c3csc(N)n3)C(=O)N2[C@H]1C(=O)O. The zero-order valence-corrected chi connectivity index (χ0v) is 19.9. The minimum atomic E-state index is -1.07. The van der Waals surface area contributed by atoms with Gasteiger partial charge in [-0.2, -0.15) is 0 Å². The maximum absolute atomic E-state index is 13.1.